The van der Waals surface area contributed by atoms with E-state index in [-0.39, 0.29) is 18.7 Å². The van der Waals surface area contributed by atoms with Gasteiger partial charge < -0.3 is 5.32 Å². The monoisotopic (exact) mass is 378 g/mol. The van der Waals surface area contributed by atoms with Crippen LogP contribution in [0.25, 0.3) is 0 Å². The van der Waals surface area contributed by atoms with E-state index in [0.717, 1.165) is 22.9 Å². The molecule has 1 amide bonds. The number of hydrogen-bond donors (Lipinski definition) is 1. The Bertz CT molecular complexity index is 903. The topological polar surface area (TPSA) is 66.5 Å². The number of amides is 1. The molecule has 0 aromatic heterocycles. The van der Waals surface area contributed by atoms with Crippen LogP contribution >= 0.6 is 0 Å². The number of halogens is 1. The standard InChI is InChI=1S/C19H23FN2O3S/c1-13-11-14(2)19(15(3)12-13)22(26(4,24)25)10-9-18(23)21-17-8-6-5-7-16(17)20/h5-8,11-12H,9-10H2,1-4H3,(H,21,23). The molecule has 2 aromatic rings. The molecule has 0 radical (unpaired) electrons. The zero-order valence-electron chi connectivity index (χ0n) is 15.3. The molecule has 0 aliphatic heterocycles. The minimum atomic E-state index is -3.57. The summed E-state index contributed by atoms with van der Waals surface area (Å²) >= 11 is 0. The van der Waals surface area contributed by atoms with Gasteiger partial charge >= 0.3 is 0 Å². The number of anilines is 2. The fraction of sp³-hybridized carbons (Fsp3) is 0.316. The van der Waals surface area contributed by atoms with Crippen molar-refractivity contribution in [3.05, 3.63) is 58.9 Å². The number of rotatable bonds is 6. The van der Waals surface area contributed by atoms with E-state index < -0.39 is 21.7 Å². The van der Waals surface area contributed by atoms with Crippen molar-refractivity contribution in [1.82, 2.24) is 0 Å². The second-order valence-corrected chi connectivity index (χ2v) is 8.27. The molecule has 0 aliphatic carbocycles. The second kappa shape index (κ2) is 7.86. The van der Waals surface area contributed by atoms with Gasteiger partial charge in [0.2, 0.25) is 15.9 Å². The molecule has 2 rings (SSSR count). The first-order valence-corrected chi connectivity index (χ1v) is 10.0. The highest BCUT2D eigenvalue weighted by molar-refractivity contribution is 7.92. The maximum absolute atomic E-state index is 13.6. The highest BCUT2D eigenvalue weighted by Crippen LogP contribution is 2.28. The summed E-state index contributed by atoms with van der Waals surface area (Å²) in [4.78, 5) is 12.2. The zero-order valence-corrected chi connectivity index (χ0v) is 16.2. The molecular weight excluding hydrogens is 355 g/mol. The molecule has 0 saturated heterocycles. The van der Waals surface area contributed by atoms with Crippen LogP contribution in [0.5, 0.6) is 0 Å². The first-order chi connectivity index (χ1) is 12.1. The fourth-order valence-electron chi connectivity index (χ4n) is 2.99. The number of nitrogens with zero attached hydrogens (tertiary/aromatic N) is 1. The van der Waals surface area contributed by atoms with Gasteiger partial charge in [-0.15, -0.1) is 0 Å². The summed E-state index contributed by atoms with van der Waals surface area (Å²) in [5.41, 5.74) is 3.34. The Morgan fingerprint density at radius 3 is 2.23 bits per heavy atom. The van der Waals surface area contributed by atoms with Crippen molar-refractivity contribution in [2.45, 2.75) is 27.2 Å². The van der Waals surface area contributed by atoms with E-state index in [9.17, 15) is 17.6 Å². The van der Waals surface area contributed by atoms with Gasteiger partial charge in [-0.25, -0.2) is 12.8 Å². The van der Waals surface area contributed by atoms with Crippen molar-refractivity contribution in [1.29, 1.82) is 0 Å². The fourth-order valence-corrected chi connectivity index (χ4v) is 4.03. The predicted octanol–water partition coefficient (Wildman–Crippen LogP) is 3.55. The molecule has 2 aromatic carbocycles. The summed E-state index contributed by atoms with van der Waals surface area (Å²) in [6, 6.07) is 9.65. The number of para-hydroxylation sites is 1. The third kappa shape index (κ3) is 4.82. The number of benzene rings is 2. The van der Waals surface area contributed by atoms with Crippen LogP contribution in [-0.4, -0.2) is 27.1 Å². The van der Waals surface area contributed by atoms with Gasteiger partial charge in [0.1, 0.15) is 5.82 Å². The Morgan fingerprint density at radius 2 is 1.69 bits per heavy atom. The van der Waals surface area contributed by atoms with Crippen molar-refractivity contribution >= 4 is 27.3 Å². The Morgan fingerprint density at radius 1 is 1.12 bits per heavy atom. The minimum absolute atomic E-state index is 0.0239. The van der Waals surface area contributed by atoms with Crippen LogP contribution in [0.1, 0.15) is 23.1 Å². The maximum Gasteiger partial charge on any atom is 0.232 e. The quantitative estimate of drug-likeness (QED) is 0.836. The van der Waals surface area contributed by atoms with Crippen molar-refractivity contribution in [2.75, 3.05) is 22.4 Å². The summed E-state index contributed by atoms with van der Waals surface area (Å²) in [7, 11) is -3.57. The molecule has 5 nitrogen and oxygen atoms in total. The maximum atomic E-state index is 13.6. The number of nitrogens with one attached hydrogen (secondary N) is 1. The SMILES string of the molecule is Cc1cc(C)c(N(CCC(=O)Nc2ccccc2F)S(C)(=O)=O)c(C)c1. The van der Waals surface area contributed by atoms with Crippen LogP contribution in [0.3, 0.4) is 0 Å². The van der Waals surface area contributed by atoms with E-state index in [1.165, 1.54) is 22.5 Å². The van der Waals surface area contributed by atoms with Crippen molar-refractivity contribution in [3.63, 3.8) is 0 Å². The molecule has 0 saturated carbocycles. The number of carbonyl (C=O) groups excluding carboxylic acids is 1. The summed E-state index contributed by atoms with van der Waals surface area (Å²) in [6.07, 6.45) is 1.02. The van der Waals surface area contributed by atoms with E-state index in [0.29, 0.717) is 5.69 Å². The predicted molar refractivity (Wildman–Crippen MR) is 102 cm³/mol. The van der Waals surface area contributed by atoms with Crippen LogP contribution in [0, 0.1) is 26.6 Å². The molecule has 0 atom stereocenters. The molecule has 0 spiro atoms. The number of carbonyl (C=O) groups is 1. The average molecular weight is 378 g/mol. The molecule has 7 heteroatoms. The third-order valence-electron chi connectivity index (χ3n) is 3.98. The van der Waals surface area contributed by atoms with Crippen LogP contribution in [0.2, 0.25) is 0 Å². The smallest absolute Gasteiger partial charge is 0.232 e. The zero-order chi connectivity index (χ0) is 19.5. The van der Waals surface area contributed by atoms with E-state index in [1.54, 1.807) is 6.07 Å². The molecular formula is C19H23FN2O3S. The average Bonchev–Trinajstić information content (AvgIpc) is 2.50. The largest absolute Gasteiger partial charge is 0.324 e. The van der Waals surface area contributed by atoms with Crippen LogP contribution in [-0.2, 0) is 14.8 Å². The van der Waals surface area contributed by atoms with E-state index in [4.69, 9.17) is 0 Å². The molecule has 0 fully saturated rings. The molecule has 1 N–H and O–H groups in total. The highest BCUT2D eigenvalue weighted by atomic mass is 32.2. The Hall–Kier alpha value is -2.41. The van der Waals surface area contributed by atoms with Gasteiger partial charge in [-0.05, 0) is 44.0 Å². The van der Waals surface area contributed by atoms with Crippen LogP contribution in [0.4, 0.5) is 15.8 Å². The lowest BCUT2D eigenvalue weighted by Crippen LogP contribution is -2.34. The van der Waals surface area contributed by atoms with Gasteiger partial charge in [0.25, 0.3) is 0 Å². The second-order valence-electron chi connectivity index (χ2n) is 6.36. The molecule has 140 valence electrons. The molecule has 0 unspecified atom stereocenters. The van der Waals surface area contributed by atoms with Crippen LogP contribution in [0.15, 0.2) is 36.4 Å². The van der Waals surface area contributed by atoms with Gasteiger partial charge in [0, 0.05) is 13.0 Å². The van der Waals surface area contributed by atoms with Crippen LogP contribution < -0.4 is 9.62 Å². The van der Waals surface area contributed by atoms with Crippen molar-refractivity contribution in [2.24, 2.45) is 0 Å². The lowest BCUT2D eigenvalue weighted by molar-refractivity contribution is -0.116. The summed E-state index contributed by atoms with van der Waals surface area (Å²) in [5, 5.41) is 2.47. The summed E-state index contributed by atoms with van der Waals surface area (Å²) in [5.74, 6) is -0.989. The molecule has 26 heavy (non-hydrogen) atoms. The Kier molecular flexibility index (Phi) is 6.02. The first-order valence-electron chi connectivity index (χ1n) is 8.19. The lowest BCUT2D eigenvalue weighted by atomic mass is 10.1. The van der Waals surface area contributed by atoms with Gasteiger partial charge in [0.15, 0.2) is 0 Å². The Labute approximate surface area is 153 Å². The summed E-state index contributed by atoms with van der Waals surface area (Å²) in [6.45, 7) is 5.60. The van der Waals surface area contributed by atoms with E-state index >= 15 is 0 Å². The van der Waals surface area contributed by atoms with Gasteiger partial charge in [-0.3, -0.25) is 9.10 Å². The van der Waals surface area contributed by atoms with E-state index in [2.05, 4.69) is 5.32 Å². The van der Waals surface area contributed by atoms with E-state index in [1.807, 2.05) is 32.9 Å². The first kappa shape index (κ1) is 19.9. The molecule has 0 aliphatic rings. The minimum Gasteiger partial charge on any atom is -0.324 e. The summed E-state index contributed by atoms with van der Waals surface area (Å²) < 4.78 is 39.4. The number of aryl methyl sites for hydroxylation is 3. The van der Waals surface area contributed by atoms with Crippen molar-refractivity contribution < 1.29 is 17.6 Å². The highest BCUT2D eigenvalue weighted by Gasteiger charge is 2.22. The third-order valence-corrected chi connectivity index (χ3v) is 5.14. The molecule has 0 heterocycles. The van der Waals surface area contributed by atoms with Gasteiger partial charge in [-0.1, -0.05) is 29.8 Å². The van der Waals surface area contributed by atoms with Crippen molar-refractivity contribution in [3.8, 4) is 0 Å². The Balaban J connectivity index is 2.20. The number of hydrogen-bond acceptors (Lipinski definition) is 3. The molecule has 0 bridgehead atoms. The van der Waals surface area contributed by atoms with Gasteiger partial charge in [0.05, 0.1) is 17.6 Å². The number of sulfonamides is 1. The lowest BCUT2D eigenvalue weighted by Gasteiger charge is -2.26. The normalized spacial score (nSPS) is 11.3. The van der Waals surface area contributed by atoms with Gasteiger partial charge in [-0.2, -0.15) is 0 Å².